The van der Waals surface area contributed by atoms with E-state index in [9.17, 15) is 0 Å². The van der Waals surface area contributed by atoms with Crippen LogP contribution in [0.15, 0.2) is 18.2 Å². The van der Waals surface area contributed by atoms with E-state index in [0.29, 0.717) is 13.2 Å². The van der Waals surface area contributed by atoms with E-state index in [1.165, 1.54) is 11.1 Å². The molecule has 0 aliphatic heterocycles. The molecule has 2 heteroatoms. The SMILES string of the molecule is CCOc1ccc(CCN)cc1C(C)(C)C. The van der Waals surface area contributed by atoms with Gasteiger partial charge in [0.25, 0.3) is 0 Å². The summed E-state index contributed by atoms with van der Waals surface area (Å²) in [5.74, 6) is 0.996. The first-order chi connectivity index (χ1) is 7.49. The zero-order valence-electron chi connectivity index (χ0n) is 10.8. The van der Waals surface area contributed by atoms with Crippen molar-refractivity contribution in [2.75, 3.05) is 13.2 Å². The van der Waals surface area contributed by atoms with Gasteiger partial charge in [-0.15, -0.1) is 0 Å². The van der Waals surface area contributed by atoms with Crippen LogP contribution in [0, 0.1) is 0 Å². The van der Waals surface area contributed by atoms with Crippen molar-refractivity contribution in [3.8, 4) is 5.75 Å². The minimum absolute atomic E-state index is 0.106. The summed E-state index contributed by atoms with van der Waals surface area (Å²) in [7, 11) is 0. The Labute approximate surface area is 98.8 Å². The van der Waals surface area contributed by atoms with E-state index in [1.807, 2.05) is 6.92 Å². The summed E-state index contributed by atoms with van der Waals surface area (Å²) in [5.41, 5.74) is 8.24. The first-order valence-corrected chi connectivity index (χ1v) is 5.95. The fourth-order valence-electron chi connectivity index (χ4n) is 1.77. The maximum atomic E-state index is 5.67. The molecule has 0 aliphatic rings. The summed E-state index contributed by atoms with van der Waals surface area (Å²) < 4.78 is 5.67. The Morgan fingerprint density at radius 2 is 1.94 bits per heavy atom. The molecular formula is C14H23NO. The topological polar surface area (TPSA) is 35.2 Å². The molecule has 0 bridgehead atoms. The molecule has 0 spiro atoms. The molecule has 0 radical (unpaired) electrons. The molecule has 0 saturated carbocycles. The Balaban J connectivity index is 3.11. The molecule has 0 fully saturated rings. The average molecular weight is 221 g/mol. The van der Waals surface area contributed by atoms with Crippen LogP contribution in [0.5, 0.6) is 5.75 Å². The molecule has 2 N–H and O–H groups in total. The van der Waals surface area contributed by atoms with Crippen LogP contribution in [0.1, 0.15) is 38.8 Å². The lowest BCUT2D eigenvalue weighted by Crippen LogP contribution is -2.14. The number of rotatable bonds is 4. The van der Waals surface area contributed by atoms with E-state index in [-0.39, 0.29) is 5.41 Å². The molecule has 1 rings (SSSR count). The van der Waals surface area contributed by atoms with Crippen LogP contribution in [0.4, 0.5) is 0 Å². The van der Waals surface area contributed by atoms with E-state index in [0.717, 1.165) is 12.2 Å². The van der Waals surface area contributed by atoms with Crippen LogP contribution in [0.25, 0.3) is 0 Å². The molecule has 1 aromatic rings. The molecule has 0 saturated heterocycles. The highest BCUT2D eigenvalue weighted by Crippen LogP contribution is 2.32. The van der Waals surface area contributed by atoms with Crippen LogP contribution >= 0.6 is 0 Å². The van der Waals surface area contributed by atoms with Crippen LogP contribution in [-0.4, -0.2) is 13.2 Å². The summed E-state index contributed by atoms with van der Waals surface area (Å²) in [6.45, 7) is 10.0. The number of ether oxygens (including phenoxy) is 1. The van der Waals surface area contributed by atoms with E-state index in [2.05, 4.69) is 39.0 Å². The summed E-state index contributed by atoms with van der Waals surface area (Å²) in [5, 5.41) is 0. The maximum Gasteiger partial charge on any atom is 0.123 e. The second-order valence-electron chi connectivity index (χ2n) is 5.05. The highest BCUT2D eigenvalue weighted by Gasteiger charge is 2.19. The van der Waals surface area contributed by atoms with Gasteiger partial charge in [0, 0.05) is 0 Å². The van der Waals surface area contributed by atoms with Crippen LogP contribution in [0.3, 0.4) is 0 Å². The summed E-state index contributed by atoms with van der Waals surface area (Å²) >= 11 is 0. The van der Waals surface area contributed by atoms with Gasteiger partial charge >= 0.3 is 0 Å². The van der Waals surface area contributed by atoms with E-state index < -0.39 is 0 Å². The van der Waals surface area contributed by atoms with Crippen LogP contribution in [0.2, 0.25) is 0 Å². The van der Waals surface area contributed by atoms with Crippen LogP contribution < -0.4 is 10.5 Å². The predicted octanol–water partition coefficient (Wildman–Crippen LogP) is 2.88. The monoisotopic (exact) mass is 221 g/mol. The lowest BCUT2D eigenvalue weighted by atomic mass is 9.85. The normalized spacial score (nSPS) is 11.6. The zero-order chi connectivity index (χ0) is 12.2. The summed E-state index contributed by atoms with van der Waals surface area (Å²) in [6.07, 6.45) is 0.926. The zero-order valence-corrected chi connectivity index (χ0v) is 10.8. The van der Waals surface area contributed by atoms with Gasteiger partial charge in [0.2, 0.25) is 0 Å². The van der Waals surface area contributed by atoms with Crippen LogP contribution in [-0.2, 0) is 11.8 Å². The lowest BCUT2D eigenvalue weighted by Gasteiger charge is -2.23. The second-order valence-corrected chi connectivity index (χ2v) is 5.05. The molecular weight excluding hydrogens is 198 g/mol. The molecule has 0 amide bonds. The lowest BCUT2D eigenvalue weighted by molar-refractivity contribution is 0.329. The van der Waals surface area contributed by atoms with E-state index in [4.69, 9.17) is 10.5 Å². The van der Waals surface area contributed by atoms with Crippen molar-refractivity contribution in [2.24, 2.45) is 5.73 Å². The third-order valence-corrected chi connectivity index (χ3v) is 2.58. The standard InChI is InChI=1S/C14H23NO/c1-5-16-13-7-6-11(8-9-15)10-12(13)14(2,3)4/h6-7,10H,5,8-9,15H2,1-4H3. The van der Waals surface area contributed by atoms with E-state index in [1.54, 1.807) is 0 Å². The van der Waals surface area contributed by atoms with Gasteiger partial charge in [-0.1, -0.05) is 32.9 Å². The minimum atomic E-state index is 0.106. The molecule has 90 valence electrons. The Hall–Kier alpha value is -1.02. The highest BCUT2D eigenvalue weighted by atomic mass is 16.5. The highest BCUT2D eigenvalue weighted by molar-refractivity contribution is 5.41. The maximum absolute atomic E-state index is 5.67. The van der Waals surface area contributed by atoms with Crippen molar-refractivity contribution in [3.63, 3.8) is 0 Å². The van der Waals surface area contributed by atoms with Gasteiger partial charge in [-0.3, -0.25) is 0 Å². The van der Waals surface area contributed by atoms with Gasteiger partial charge in [0.05, 0.1) is 6.61 Å². The van der Waals surface area contributed by atoms with Gasteiger partial charge in [-0.25, -0.2) is 0 Å². The fraction of sp³-hybridized carbons (Fsp3) is 0.571. The number of hydrogen-bond donors (Lipinski definition) is 1. The van der Waals surface area contributed by atoms with Gasteiger partial charge in [0.1, 0.15) is 5.75 Å². The molecule has 0 aromatic heterocycles. The fourth-order valence-corrected chi connectivity index (χ4v) is 1.77. The Morgan fingerprint density at radius 3 is 2.44 bits per heavy atom. The molecule has 0 unspecified atom stereocenters. The Morgan fingerprint density at radius 1 is 1.25 bits per heavy atom. The molecule has 1 aromatic carbocycles. The number of benzene rings is 1. The van der Waals surface area contributed by atoms with Gasteiger partial charge in [-0.05, 0) is 42.5 Å². The largest absolute Gasteiger partial charge is 0.494 e. The third kappa shape index (κ3) is 3.24. The van der Waals surface area contributed by atoms with Gasteiger partial charge < -0.3 is 10.5 Å². The molecule has 16 heavy (non-hydrogen) atoms. The van der Waals surface area contributed by atoms with Crippen molar-refractivity contribution in [1.82, 2.24) is 0 Å². The van der Waals surface area contributed by atoms with Gasteiger partial charge in [-0.2, -0.15) is 0 Å². The van der Waals surface area contributed by atoms with Crippen molar-refractivity contribution in [1.29, 1.82) is 0 Å². The number of hydrogen-bond acceptors (Lipinski definition) is 2. The molecule has 0 aliphatic carbocycles. The molecule has 0 heterocycles. The van der Waals surface area contributed by atoms with Gasteiger partial charge in [0.15, 0.2) is 0 Å². The van der Waals surface area contributed by atoms with Crippen molar-refractivity contribution < 1.29 is 4.74 Å². The number of nitrogens with two attached hydrogens (primary N) is 1. The first kappa shape index (κ1) is 13.0. The van der Waals surface area contributed by atoms with Crippen molar-refractivity contribution >= 4 is 0 Å². The second kappa shape index (κ2) is 5.35. The first-order valence-electron chi connectivity index (χ1n) is 5.95. The summed E-state index contributed by atoms with van der Waals surface area (Å²) in [6, 6.07) is 6.39. The Kier molecular flexibility index (Phi) is 4.36. The molecule has 2 nitrogen and oxygen atoms in total. The van der Waals surface area contributed by atoms with Crippen molar-refractivity contribution in [3.05, 3.63) is 29.3 Å². The summed E-state index contributed by atoms with van der Waals surface area (Å²) in [4.78, 5) is 0. The molecule has 0 atom stereocenters. The predicted molar refractivity (Wildman–Crippen MR) is 69.1 cm³/mol. The van der Waals surface area contributed by atoms with Crippen molar-refractivity contribution in [2.45, 2.75) is 39.5 Å². The quantitative estimate of drug-likeness (QED) is 0.848. The van der Waals surface area contributed by atoms with E-state index >= 15 is 0 Å². The average Bonchev–Trinajstić information content (AvgIpc) is 2.19. The minimum Gasteiger partial charge on any atom is -0.494 e. The Bertz CT molecular complexity index is 339. The smallest absolute Gasteiger partial charge is 0.123 e. The third-order valence-electron chi connectivity index (χ3n) is 2.58.